The number of halogens is 4. The van der Waals surface area contributed by atoms with Crippen LogP contribution < -0.4 is 4.74 Å². The van der Waals surface area contributed by atoms with Crippen molar-refractivity contribution in [2.75, 3.05) is 13.1 Å². The quantitative estimate of drug-likeness (QED) is 0.257. The van der Waals surface area contributed by atoms with Crippen molar-refractivity contribution in [2.45, 2.75) is 20.4 Å². The Morgan fingerprint density at radius 3 is 2.32 bits per heavy atom. The molecule has 0 saturated carbocycles. The number of hydrogen-bond acceptors (Lipinski definition) is 2. The molecule has 1 amide bonds. The van der Waals surface area contributed by atoms with Gasteiger partial charge in [0.1, 0.15) is 11.6 Å². The van der Waals surface area contributed by atoms with E-state index < -0.39 is 6.09 Å². The molecule has 1 aromatic heterocycles. The van der Waals surface area contributed by atoms with Crippen molar-refractivity contribution < 1.29 is 13.9 Å². The predicted molar refractivity (Wildman–Crippen MR) is 137 cm³/mol. The summed E-state index contributed by atoms with van der Waals surface area (Å²) in [6.07, 6.45) is 1.48. The average Bonchev–Trinajstić information content (AvgIpc) is 3.18. The zero-order valence-corrected chi connectivity index (χ0v) is 20.9. The van der Waals surface area contributed by atoms with E-state index in [9.17, 15) is 9.18 Å². The molecule has 3 aromatic carbocycles. The molecule has 0 aliphatic rings. The van der Waals surface area contributed by atoms with Gasteiger partial charge in [0.2, 0.25) is 0 Å². The van der Waals surface area contributed by atoms with Crippen LogP contribution in [0.3, 0.4) is 0 Å². The summed E-state index contributed by atoms with van der Waals surface area (Å²) in [6, 6.07) is 15.1. The number of carbonyl (C=O) groups is 1. The maximum absolute atomic E-state index is 13.5. The van der Waals surface area contributed by atoms with Gasteiger partial charge in [-0.25, -0.2) is 9.18 Å². The zero-order chi connectivity index (χ0) is 24.4. The van der Waals surface area contributed by atoms with Gasteiger partial charge in [0.25, 0.3) is 0 Å². The van der Waals surface area contributed by atoms with E-state index in [-0.39, 0.29) is 5.82 Å². The summed E-state index contributed by atoms with van der Waals surface area (Å²) < 4.78 is 21.3. The van der Waals surface area contributed by atoms with Gasteiger partial charge in [0, 0.05) is 57.4 Å². The van der Waals surface area contributed by atoms with Gasteiger partial charge in [-0.15, -0.1) is 0 Å². The third kappa shape index (κ3) is 5.02. The normalized spacial score (nSPS) is 11.1. The fourth-order valence-electron chi connectivity index (χ4n) is 3.95. The van der Waals surface area contributed by atoms with Gasteiger partial charge in [-0.1, -0.05) is 40.9 Å². The lowest BCUT2D eigenvalue weighted by Crippen LogP contribution is -2.33. The van der Waals surface area contributed by atoms with Crippen molar-refractivity contribution in [3.63, 3.8) is 0 Å². The second-order valence-corrected chi connectivity index (χ2v) is 9.03. The minimum absolute atomic E-state index is 0.355. The van der Waals surface area contributed by atoms with Gasteiger partial charge in [-0.2, -0.15) is 0 Å². The van der Waals surface area contributed by atoms with Crippen LogP contribution in [0.15, 0.2) is 60.8 Å². The van der Waals surface area contributed by atoms with Gasteiger partial charge in [0.05, 0.1) is 0 Å². The largest absolute Gasteiger partial charge is 0.415 e. The number of nitrogens with zero attached hydrogens (tertiary/aromatic N) is 2. The Balaban J connectivity index is 1.85. The monoisotopic (exact) mass is 518 g/mol. The minimum Gasteiger partial charge on any atom is -0.410 e. The van der Waals surface area contributed by atoms with Gasteiger partial charge in [-0.3, -0.25) is 0 Å². The van der Waals surface area contributed by atoms with Crippen molar-refractivity contribution in [1.82, 2.24) is 9.47 Å². The first-order valence-electron chi connectivity index (χ1n) is 10.8. The molecule has 34 heavy (non-hydrogen) atoms. The summed E-state index contributed by atoms with van der Waals surface area (Å²) in [5.74, 6) is 0.0196. The topological polar surface area (TPSA) is 34.5 Å². The van der Waals surface area contributed by atoms with Crippen molar-refractivity contribution in [1.29, 1.82) is 0 Å². The van der Waals surface area contributed by atoms with E-state index in [1.54, 1.807) is 35.2 Å². The van der Waals surface area contributed by atoms with Crippen LogP contribution >= 0.6 is 34.8 Å². The molecule has 0 fully saturated rings. The second-order valence-electron chi connectivity index (χ2n) is 7.75. The first-order valence-corrected chi connectivity index (χ1v) is 11.9. The number of carbonyl (C=O) groups excluding carboxylic acids is 1. The highest BCUT2D eigenvalue weighted by Gasteiger charge is 2.20. The Labute approximate surface area is 212 Å². The molecule has 1 heterocycles. The molecule has 0 saturated heterocycles. The van der Waals surface area contributed by atoms with Crippen LogP contribution in [0.4, 0.5) is 9.18 Å². The van der Waals surface area contributed by atoms with Crippen LogP contribution in [0.25, 0.3) is 22.0 Å². The van der Waals surface area contributed by atoms with E-state index >= 15 is 0 Å². The Bertz CT molecular complexity index is 1350. The molecule has 0 atom stereocenters. The van der Waals surface area contributed by atoms with Crippen molar-refractivity contribution >= 4 is 51.8 Å². The molecule has 4 nitrogen and oxygen atoms in total. The smallest absolute Gasteiger partial charge is 0.410 e. The highest BCUT2D eigenvalue weighted by atomic mass is 35.5. The first-order chi connectivity index (χ1) is 16.3. The lowest BCUT2D eigenvalue weighted by atomic mass is 10.0. The fourth-order valence-corrected chi connectivity index (χ4v) is 4.70. The minimum atomic E-state index is -0.434. The highest BCUT2D eigenvalue weighted by molar-refractivity contribution is 6.35. The van der Waals surface area contributed by atoms with Crippen LogP contribution in [-0.2, 0) is 6.54 Å². The molecular weight excluding hydrogens is 498 g/mol. The van der Waals surface area contributed by atoms with Gasteiger partial charge in [-0.05, 0) is 73.5 Å². The average molecular weight is 520 g/mol. The summed E-state index contributed by atoms with van der Waals surface area (Å²) >= 11 is 18.8. The Morgan fingerprint density at radius 1 is 0.971 bits per heavy atom. The summed E-state index contributed by atoms with van der Waals surface area (Å²) in [7, 11) is 0. The first kappa shape index (κ1) is 24.4. The van der Waals surface area contributed by atoms with E-state index in [0.29, 0.717) is 46.0 Å². The Hall–Kier alpha value is -2.73. The van der Waals surface area contributed by atoms with Gasteiger partial charge < -0.3 is 14.2 Å². The molecule has 0 spiro atoms. The Morgan fingerprint density at radius 2 is 1.68 bits per heavy atom. The molecule has 4 aromatic rings. The molecule has 176 valence electrons. The number of fused-ring (bicyclic) bond motifs is 1. The van der Waals surface area contributed by atoms with Crippen molar-refractivity contribution in [2.24, 2.45) is 0 Å². The molecule has 0 radical (unpaired) electrons. The third-order valence-corrected chi connectivity index (χ3v) is 6.43. The lowest BCUT2D eigenvalue weighted by molar-refractivity contribution is 0.157. The molecule has 0 unspecified atom stereocenters. The number of aromatic nitrogens is 1. The number of benzene rings is 3. The van der Waals surface area contributed by atoms with Crippen LogP contribution in [0.1, 0.15) is 19.4 Å². The molecule has 0 N–H and O–H groups in total. The fraction of sp³-hybridized carbons (Fsp3) is 0.192. The van der Waals surface area contributed by atoms with E-state index in [1.807, 2.05) is 36.7 Å². The second kappa shape index (κ2) is 10.3. The third-order valence-electron chi connectivity index (χ3n) is 5.64. The van der Waals surface area contributed by atoms with Gasteiger partial charge in [0.15, 0.2) is 0 Å². The SMILES string of the molecule is CCN(CC)C(=O)Oc1ccc2c(ccn2Cc2ccc(F)cc2Cl)c1-c1cc(Cl)cc(Cl)c1. The number of amides is 1. The highest BCUT2D eigenvalue weighted by Crippen LogP contribution is 2.40. The zero-order valence-electron chi connectivity index (χ0n) is 18.6. The maximum Gasteiger partial charge on any atom is 0.415 e. The number of hydrogen-bond donors (Lipinski definition) is 0. The van der Waals surface area contributed by atoms with E-state index in [1.165, 1.54) is 12.1 Å². The molecular formula is C26H22Cl3FN2O2. The van der Waals surface area contributed by atoms with Crippen LogP contribution in [-0.4, -0.2) is 28.6 Å². The maximum atomic E-state index is 13.5. The van der Waals surface area contributed by atoms with Crippen LogP contribution in [0.2, 0.25) is 15.1 Å². The van der Waals surface area contributed by atoms with Gasteiger partial charge >= 0.3 is 6.09 Å². The molecule has 0 aliphatic carbocycles. The standard InChI is InChI=1S/C26H22Cl3FN2O2/c1-3-31(4-2)26(33)34-24-8-7-23-21(25(24)17-11-18(27)13-19(28)12-17)9-10-32(23)15-16-5-6-20(30)14-22(16)29/h5-14H,3-4,15H2,1-2H3. The lowest BCUT2D eigenvalue weighted by Gasteiger charge is -2.20. The predicted octanol–water partition coefficient (Wildman–Crippen LogP) is 8.30. The summed E-state index contributed by atoms with van der Waals surface area (Å²) in [6.45, 7) is 5.30. The summed E-state index contributed by atoms with van der Waals surface area (Å²) in [5, 5.41) is 2.14. The van der Waals surface area contributed by atoms with Crippen LogP contribution in [0.5, 0.6) is 5.75 Å². The number of ether oxygens (including phenoxy) is 1. The van der Waals surface area contributed by atoms with E-state index in [4.69, 9.17) is 39.5 Å². The van der Waals surface area contributed by atoms with Crippen molar-refractivity contribution in [3.8, 4) is 16.9 Å². The molecule has 4 rings (SSSR count). The van der Waals surface area contributed by atoms with Crippen LogP contribution in [0, 0.1) is 5.82 Å². The van der Waals surface area contributed by atoms with E-state index in [0.717, 1.165) is 22.0 Å². The molecule has 8 heteroatoms. The van der Waals surface area contributed by atoms with Crippen molar-refractivity contribution in [3.05, 3.63) is 87.2 Å². The number of rotatable bonds is 6. The molecule has 0 aliphatic heterocycles. The van der Waals surface area contributed by atoms with E-state index in [2.05, 4.69) is 0 Å². The molecule has 0 bridgehead atoms. The summed E-state index contributed by atoms with van der Waals surface area (Å²) in [4.78, 5) is 14.3. The summed E-state index contributed by atoms with van der Waals surface area (Å²) in [5.41, 5.74) is 3.09. The Kier molecular flexibility index (Phi) is 7.36.